The van der Waals surface area contributed by atoms with E-state index in [1.54, 1.807) is 28.5 Å². The average molecular weight is 1080 g/mol. The fourth-order valence-corrected chi connectivity index (χ4v) is 13.7. The fraction of sp³-hybridized carbons (Fsp3) is 0.659. The predicted octanol–water partition coefficient (Wildman–Crippen LogP) is 15.3. The third-order valence-corrected chi connectivity index (χ3v) is 19.5. The first kappa shape index (κ1) is 52.8. The zero-order valence-corrected chi connectivity index (χ0v) is 42.9. The number of hydrogen-bond acceptors (Lipinski definition) is 10. The van der Waals surface area contributed by atoms with Gasteiger partial charge in [-0.1, -0.05) is 193 Å². The molecular formula is C41H65Br3N4O4S5. The van der Waals surface area contributed by atoms with Gasteiger partial charge in [0.15, 0.2) is 0 Å². The predicted molar refractivity (Wildman–Crippen MR) is 260 cm³/mol. The summed E-state index contributed by atoms with van der Waals surface area (Å²) < 4.78 is 50.5. The van der Waals surface area contributed by atoms with Crippen molar-refractivity contribution in [2.75, 3.05) is 22.3 Å². The second-order valence-corrected chi connectivity index (χ2v) is 30.1. The van der Waals surface area contributed by atoms with Gasteiger partial charge in [0.05, 0.1) is 11.4 Å². The van der Waals surface area contributed by atoms with Crippen LogP contribution in [0.2, 0.25) is 0 Å². The maximum atomic E-state index is 12.9. The van der Waals surface area contributed by atoms with Crippen LogP contribution in [-0.2, 0) is 19.9 Å². The first-order valence-electron chi connectivity index (χ1n) is 20.7. The van der Waals surface area contributed by atoms with Crippen molar-refractivity contribution in [1.29, 1.82) is 0 Å². The summed E-state index contributed by atoms with van der Waals surface area (Å²) in [5, 5.41) is 11.4. The number of sulfone groups is 1. The molecule has 0 atom stereocenters. The highest BCUT2D eigenvalue weighted by Gasteiger charge is 2.40. The average Bonchev–Trinajstić information content (AvgIpc) is 3.62. The summed E-state index contributed by atoms with van der Waals surface area (Å²) >= 11 is 9.81. The van der Waals surface area contributed by atoms with Crippen molar-refractivity contribution in [1.82, 2.24) is 10.2 Å². The highest BCUT2D eigenvalue weighted by Crippen LogP contribution is 2.44. The molecule has 324 valence electrons. The molecule has 8 nitrogen and oxygen atoms in total. The number of anilines is 2. The second-order valence-electron chi connectivity index (χ2n) is 14.3. The van der Waals surface area contributed by atoms with Gasteiger partial charge in [-0.3, -0.25) is 4.72 Å². The first-order valence-corrected chi connectivity index (χ1v) is 29.2. The number of para-hydroxylation sites is 2. The van der Waals surface area contributed by atoms with Crippen LogP contribution in [0.3, 0.4) is 0 Å². The lowest BCUT2D eigenvalue weighted by atomic mass is 10.1. The Bertz CT molecular complexity index is 1720. The van der Waals surface area contributed by atoms with Gasteiger partial charge >= 0.3 is 0 Å². The van der Waals surface area contributed by atoms with Crippen LogP contribution in [0.5, 0.6) is 0 Å². The van der Waals surface area contributed by atoms with Crippen LogP contribution < -0.4 is 10.0 Å². The van der Waals surface area contributed by atoms with Gasteiger partial charge in [-0.15, -0.1) is 10.2 Å². The Balaban J connectivity index is 0.000000726. The molecule has 0 amide bonds. The van der Waals surface area contributed by atoms with Crippen LogP contribution in [0, 0.1) is 6.92 Å². The van der Waals surface area contributed by atoms with Gasteiger partial charge in [-0.2, -0.15) is 0 Å². The number of nitrogens with zero attached hydrogens (tertiary/aromatic N) is 2. The molecule has 0 saturated heterocycles. The minimum Gasteiger partial charge on any atom is -0.384 e. The molecule has 3 rings (SSSR count). The monoisotopic (exact) mass is 1070 g/mol. The maximum Gasteiger partial charge on any atom is 0.243 e. The van der Waals surface area contributed by atoms with Gasteiger partial charge in [-0.05, 0) is 91.8 Å². The number of sulfonamides is 1. The number of halogens is 3. The van der Waals surface area contributed by atoms with Gasteiger partial charge in [-0.25, -0.2) is 16.8 Å². The number of rotatable bonds is 30. The summed E-state index contributed by atoms with van der Waals surface area (Å²) in [5.41, 5.74) is 1.82. The molecular weight excluding hydrogens is 1010 g/mol. The molecule has 0 spiro atoms. The molecule has 0 fully saturated rings. The van der Waals surface area contributed by atoms with E-state index in [2.05, 4.69) is 106 Å². The number of alkyl halides is 3. The summed E-state index contributed by atoms with van der Waals surface area (Å²) in [6.45, 7) is 7.20. The van der Waals surface area contributed by atoms with E-state index in [0.717, 1.165) is 41.3 Å². The molecule has 1 aromatic heterocycles. The molecule has 0 saturated carbocycles. The number of benzene rings is 2. The van der Waals surface area contributed by atoms with E-state index >= 15 is 0 Å². The van der Waals surface area contributed by atoms with Crippen LogP contribution in [0.25, 0.3) is 0 Å². The summed E-state index contributed by atoms with van der Waals surface area (Å²) in [4.78, 5) is 2.10. The first-order chi connectivity index (χ1) is 27.3. The van der Waals surface area contributed by atoms with Crippen molar-refractivity contribution in [3.05, 3.63) is 53.5 Å². The Morgan fingerprint density at radius 1 is 0.596 bits per heavy atom. The summed E-state index contributed by atoms with van der Waals surface area (Å²) in [6, 6.07) is 16.2. The highest BCUT2D eigenvalue weighted by molar-refractivity contribution is 9.42. The Kier molecular flexibility index (Phi) is 28.4. The highest BCUT2D eigenvalue weighted by atomic mass is 80.0. The third-order valence-electron chi connectivity index (χ3n) is 9.17. The number of aryl methyl sites for hydroxylation is 1. The lowest BCUT2D eigenvalue weighted by molar-refractivity contribution is 0.552. The van der Waals surface area contributed by atoms with Gasteiger partial charge in [0, 0.05) is 22.0 Å². The third kappa shape index (κ3) is 23.4. The molecule has 2 N–H and O–H groups in total. The van der Waals surface area contributed by atoms with Crippen molar-refractivity contribution >= 4 is 112 Å². The Labute approximate surface area is 382 Å². The van der Waals surface area contributed by atoms with Crippen molar-refractivity contribution in [3.8, 4) is 0 Å². The van der Waals surface area contributed by atoms with Gasteiger partial charge in [0.25, 0.3) is 0 Å². The van der Waals surface area contributed by atoms with Crippen molar-refractivity contribution in [2.45, 2.75) is 171 Å². The van der Waals surface area contributed by atoms with Gasteiger partial charge in [0.2, 0.25) is 25.7 Å². The Morgan fingerprint density at radius 2 is 1.02 bits per heavy atom. The summed E-state index contributed by atoms with van der Waals surface area (Å²) in [7, 11) is -3.64. The molecule has 0 aliphatic carbocycles. The molecule has 2 aromatic carbocycles. The van der Waals surface area contributed by atoms with Crippen molar-refractivity contribution in [2.24, 2.45) is 0 Å². The molecule has 0 aliphatic rings. The summed E-state index contributed by atoms with van der Waals surface area (Å²) in [5.74, 6) is 0.182. The quantitative estimate of drug-likeness (QED) is 0.0382. The maximum absolute atomic E-state index is 12.9. The standard InChI is InChI=1S/C37H62N2O2S3.C4H3Br3N2O2S2/c1-3-5-7-9-11-13-15-16-18-20-26-32-38-34-28-22-24-30-36(34)42-43-37-31-25-23-29-35(37)39-44(40,41)33-27-21-19-17-14-12-10-8-6-4-2;1-2-8-9-3(12-2)13(10,11)4(5,6)7/h22-25,28-31,38-39H,3-21,26-27,32-33H2,1-2H3;1H3. The molecule has 16 heteroatoms. The van der Waals surface area contributed by atoms with E-state index in [0.29, 0.717) is 17.1 Å². The minimum atomic E-state index is -3.56. The van der Waals surface area contributed by atoms with Crippen molar-refractivity contribution in [3.63, 3.8) is 0 Å². The van der Waals surface area contributed by atoms with E-state index in [1.807, 2.05) is 24.3 Å². The number of aromatic nitrogens is 2. The zero-order chi connectivity index (χ0) is 41.8. The lowest BCUT2D eigenvalue weighted by Gasteiger charge is -2.14. The van der Waals surface area contributed by atoms with E-state index in [-0.39, 0.29) is 10.1 Å². The zero-order valence-electron chi connectivity index (χ0n) is 34.1. The van der Waals surface area contributed by atoms with Crippen LogP contribution in [0.1, 0.15) is 154 Å². The normalized spacial score (nSPS) is 12.0. The number of unbranched alkanes of at least 4 members (excludes halogenated alkanes) is 19. The van der Waals surface area contributed by atoms with Crippen LogP contribution in [0.15, 0.2) is 62.7 Å². The summed E-state index contributed by atoms with van der Waals surface area (Å²) in [6.07, 6.45) is 26.8. The van der Waals surface area contributed by atoms with Crippen LogP contribution in [0.4, 0.5) is 11.4 Å². The topological polar surface area (TPSA) is 118 Å². The minimum absolute atomic E-state index is 0.0318. The Morgan fingerprint density at radius 3 is 1.47 bits per heavy atom. The number of nitrogens with one attached hydrogen (secondary N) is 2. The molecule has 0 radical (unpaired) electrons. The van der Waals surface area contributed by atoms with Crippen LogP contribution >= 0.6 is 80.7 Å². The Hall–Kier alpha value is -0.360. The lowest BCUT2D eigenvalue weighted by Crippen LogP contribution is -2.17. The second kappa shape index (κ2) is 30.6. The SMILES string of the molecule is CCCCCCCCCCCCCNc1ccccc1SSc1ccccc1NS(=O)(=O)CCCCCCCCCCCC.Cc1nnc(S(=O)(=O)C(Br)(Br)Br)s1. The molecule has 0 unspecified atom stereocenters. The molecule has 1 heterocycles. The van der Waals surface area contributed by atoms with E-state index < -0.39 is 21.3 Å². The molecule has 0 bridgehead atoms. The largest absolute Gasteiger partial charge is 0.384 e. The van der Waals surface area contributed by atoms with Crippen LogP contribution in [-0.4, -0.2) is 40.8 Å². The van der Waals surface area contributed by atoms with Gasteiger partial charge < -0.3 is 5.32 Å². The number of hydrogen-bond donors (Lipinski definition) is 2. The molecule has 3 aromatic rings. The van der Waals surface area contributed by atoms with Gasteiger partial charge in [0.1, 0.15) is 5.01 Å². The fourth-order valence-electron chi connectivity index (χ4n) is 5.90. The smallest absolute Gasteiger partial charge is 0.243 e. The van der Waals surface area contributed by atoms with E-state index in [9.17, 15) is 16.8 Å². The van der Waals surface area contributed by atoms with Crippen molar-refractivity contribution < 1.29 is 16.8 Å². The molecule has 57 heavy (non-hydrogen) atoms. The molecule has 0 aliphatic heterocycles. The van der Waals surface area contributed by atoms with E-state index in [4.69, 9.17) is 0 Å². The van der Waals surface area contributed by atoms with E-state index in [1.165, 1.54) is 120 Å².